The van der Waals surface area contributed by atoms with E-state index in [1.54, 1.807) is 0 Å². The molecule has 1 aromatic carbocycles. The van der Waals surface area contributed by atoms with Gasteiger partial charge in [0.1, 0.15) is 0 Å². The van der Waals surface area contributed by atoms with Crippen molar-refractivity contribution in [2.24, 2.45) is 0 Å². The molecule has 1 amide bonds. The van der Waals surface area contributed by atoms with Crippen LogP contribution in [0, 0.1) is 0 Å². The van der Waals surface area contributed by atoms with E-state index in [1.807, 2.05) is 29.2 Å². The van der Waals surface area contributed by atoms with E-state index in [9.17, 15) is 4.79 Å². The first-order valence-corrected chi connectivity index (χ1v) is 9.37. The van der Waals surface area contributed by atoms with Gasteiger partial charge in [0.15, 0.2) is 0 Å². The van der Waals surface area contributed by atoms with E-state index in [2.05, 4.69) is 12.2 Å². The van der Waals surface area contributed by atoms with Crippen molar-refractivity contribution in [3.63, 3.8) is 0 Å². The molecule has 2 fully saturated rings. The van der Waals surface area contributed by atoms with E-state index in [0.717, 1.165) is 5.02 Å². The Bertz CT molecular complexity index is 516. The summed E-state index contributed by atoms with van der Waals surface area (Å²) in [7, 11) is 0. The molecule has 0 spiro atoms. The molecular weight excluding hydrogens is 316 g/mol. The molecule has 1 aliphatic heterocycles. The lowest BCUT2D eigenvalue weighted by Crippen LogP contribution is -2.44. The molecular formula is C17H23ClN2OS. The molecule has 120 valence electrons. The van der Waals surface area contributed by atoms with E-state index in [1.165, 1.54) is 49.4 Å². The van der Waals surface area contributed by atoms with Gasteiger partial charge in [0, 0.05) is 17.1 Å². The zero-order valence-corrected chi connectivity index (χ0v) is 14.5. The van der Waals surface area contributed by atoms with E-state index in [0.29, 0.717) is 12.7 Å². The third-order valence-corrected chi connectivity index (χ3v) is 6.35. The van der Waals surface area contributed by atoms with Crippen LogP contribution in [0.1, 0.15) is 49.8 Å². The van der Waals surface area contributed by atoms with Gasteiger partial charge in [0.2, 0.25) is 0 Å². The topological polar surface area (TPSA) is 32.3 Å². The van der Waals surface area contributed by atoms with Crippen molar-refractivity contribution in [1.29, 1.82) is 0 Å². The summed E-state index contributed by atoms with van der Waals surface area (Å²) in [4.78, 5) is 14.3. The summed E-state index contributed by atoms with van der Waals surface area (Å²) in [6.07, 6.45) is 6.45. The number of hydrogen-bond acceptors (Lipinski definition) is 3. The van der Waals surface area contributed by atoms with E-state index < -0.39 is 0 Å². The Balaban J connectivity index is 1.61. The number of carbonyl (C=O) groups is 1. The van der Waals surface area contributed by atoms with Gasteiger partial charge in [-0.1, -0.05) is 54.8 Å². The Kier molecular flexibility index (Phi) is 5.32. The van der Waals surface area contributed by atoms with Gasteiger partial charge in [-0.05, 0) is 37.5 Å². The van der Waals surface area contributed by atoms with Crippen molar-refractivity contribution in [3.05, 3.63) is 34.9 Å². The summed E-state index contributed by atoms with van der Waals surface area (Å²) in [5, 5.41) is 4.68. The summed E-state index contributed by atoms with van der Waals surface area (Å²) in [5.74, 6) is 0. The second kappa shape index (κ2) is 7.24. The van der Waals surface area contributed by atoms with Crippen LogP contribution in [0.15, 0.2) is 24.3 Å². The monoisotopic (exact) mass is 338 g/mol. The van der Waals surface area contributed by atoms with Gasteiger partial charge < -0.3 is 4.90 Å². The van der Waals surface area contributed by atoms with Crippen LogP contribution in [0.25, 0.3) is 0 Å². The fourth-order valence-electron chi connectivity index (χ4n) is 3.35. The quantitative estimate of drug-likeness (QED) is 0.854. The van der Waals surface area contributed by atoms with Crippen LogP contribution < -0.4 is 5.32 Å². The van der Waals surface area contributed by atoms with Gasteiger partial charge >= 0.3 is 0 Å². The number of nitrogens with one attached hydrogen (secondary N) is 1. The lowest BCUT2D eigenvalue weighted by atomic mass is 9.96. The third-order valence-electron chi connectivity index (χ3n) is 4.75. The van der Waals surface area contributed by atoms with E-state index in [4.69, 9.17) is 11.6 Å². The first-order chi connectivity index (χ1) is 10.6. The second-order valence-electron chi connectivity index (χ2n) is 6.26. The number of carbonyl (C=O) groups excluding carboxylic acids is 1. The van der Waals surface area contributed by atoms with E-state index >= 15 is 0 Å². The molecule has 2 unspecified atom stereocenters. The first-order valence-electron chi connectivity index (χ1n) is 8.11. The molecule has 1 heterocycles. The maximum absolute atomic E-state index is 12.3. The van der Waals surface area contributed by atoms with Gasteiger partial charge in [0.05, 0.1) is 11.9 Å². The molecule has 1 aromatic rings. The minimum absolute atomic E-state index is 0.177. The maximum Gasteiger partial charge on any atom is 0.283 e. The Morgan fingerprint density at radius 1 is 1.23 bits per heavy atom. The molecule has 1 aliphatic carbocycles. The molecule has 5 heteroatoms. The van der Waals surface area contributed by atoms with Gasteiger partial charge in [-0.15, -0.1) is 0 Å². The Morgan fingerprint density at radius 2 is 1.91 bits per heavy atom. The Labute approximate surface area is 141 Å². The van der Waals surface area contributed by atoms with Crippen molar-refractivity contribution in [2.45, 2.75) is 56.4 Å². The molecule has 3 rings (SSSR count). The molecule has 0 aromatic heterocycles. The van der Waals surface area contributed by atoms with Crippen LogP contribution in [0.3, 0.4) is 0 Å². The fourth-order valence-corrected chi connectivity index (χ4v) is 4.69. The number of hydrogen-bond donors (Lipinski definition) is 1. The normalized spacial score (nSPS) is 26.6. The SMILES string of the molecule is CC1C(c2ccc(Cl)cc2)SC(=O)N1CNC1CCCCC1. The molecule has 2 atom stereocenters. The van der Waals surface area contributed by atoms with Gasteiger partial charge in [-0.25, -0.2) is 0 Å². The van der Waals surface area contributed by atoms with Gasteiger partial charge in [0.25, 0.3) is 5.24 Å². The minimum atomic E-state index is 0.177. The zero-order valence-electron chi connectivity index (χ0n) is 12.9. The Hall–Kier alpha value is -0.710. The highest BCUT2D eigenvalue weighted by Gasteiger charge is 2.38. The van der Waals surface area contributed by atoms with Gasteiger partial charge in [-0.2, -0.15) is 0 Å². The molecule has 3 nitrogen and oxygen atoms in total. The molecule has 2 aliphatic rings. The van der Waals surface area contributed by atoms with Crippen molar-refractivity contribution in [2.75, 3.05) is 6.67 Å². The third kappa shape index (κ3) is 3.61. The number of benzene rings is 1. The van der Waals surface area contributed by atoms with E-state index in [-0.39, 0.29) is 16.5 Å². The van der Waals surface area contributed by atoms with Crippen LogP contribution in [-0.4, -0.2) is 28.9 Å². The number of halogens is 1. The van der Waals surface area contributed by atoms with Crippen molar-refractivity contribution in [3.8, 4) is 0 Å². The van der Waals surface area contributed by atoms with Crippen molar-refractivity contribution < 1.29 is 4.79 Å². The second-order valence-corrected chi connectivity index (χ2v) is 7.79. The van der Waals surface area contributed by atoms with Gasteiger partial charge in [-0.3, -0.25) is 10.1 Å². The summed E-state index contributed by atoms with van der Waals surface area (Å²) in [5.41, 5.74) is 1.18. The Morgan fingerprint density at radius 3 is 2.59 bits per heavy atom. The predicted octanol–water partition coefficient (Wildman–Crippen LogP) is 4.82. The average molecular weight is 339 g/mol. The van der Waals surface area contributed by atoms with Crippen molar-refractivity contribution in [1.82, 2.24) is 10.2 Å². The number of amides is 1. The molecule has 22 heavy (non-hydrogen) atoms. The minimum Gasteiger partial charge on any atom is -0.317 e. The first kappa shape index (κ1) is 16.2. The van der Waals surface area contributed by atoms with Crippen LogP contribution in [0.4, 0.5) is 4.79 Å². The maximum atomic E-state index is 12.3. The van der Waals surface area contributed by atoms with Crippen LogP contribution >= 0.6 is 23.4 Å². The summed E-state index contributed by atoms with van der Waals surface area (Å²) >= 11 is 7.38. The van der Waals surface area contributed by atoms with Crippen molar-refractivity contribution >= 4 is 28.6 Å². The molecule has 0 radical (unpaired) electrons. The zero-order chi connectivity index (χ0) is 15.5. The summed E-state index contributed by atoms with van der Waals surface area (Å²) < 4.78 is 0. The lowest BCUT2D eigenvalue weighted by Gasteiger charge is -2.29. The molecule has 1 saturated heterocycles. The molecule has 1 saturated carbocycles. The number of thioether (sulfide) groups is 1. The summed E-state index contributed by atoms with van der Waals surface area (Å²) in [6.45, 7) is 2.81. The molecule has 0 bridgehead atoms. The highest BCUT2D eigenvalue weighted by Crippen LogP contribution is 2.42. The van der Waals surface area contributed by atoms with Crippen LogP contribution in [0.5, 0.6) is 0 Å². The van der Waals surface area contributed by atoms with Crippen LogP contribution in [-0.2, 0) is 0 Å². The largest absolute Gasteiger partial charge is 0.317 e. The standard InChI is InChI=1S/C17H23ClN2OS/c1-12-16(13-7-9-14(18)10-8-13)22-17(21)20(12)11-19-15-5-3-2-4-6-15/h7-10,12,15-16,19H,2-6,11H2,1H3. The predicted molar refractivity (Wildman–Crippen MR) is 93.4 cm³/mol. The average Bonchev–Trinajstić information content (AvgIpc) is 2.82. The number of rotatable bonds is 4. The summed E-state index contributed by atoms with van der Waals surface area (Å²) in [6, 6.07) is 8.64. The fraction of sp³-hybridized carbons (Fsp3) is 0.588. The number of nitrogens with zero attached hydrogens (tertiary/aromatic N) is 1. The molecule has 1 N–H and O–H groups in total. The van der Waals surface area contributed by atoms with Crippen LogP contribution in [0.2, 0.25) is 5.02 Å². The highest BCUT2D eigenvalue weighted by atomic mass is 35.5. The smallest absolute Gasteiger partial charge is 0.283 e. The lowest BCUT2D eigenvalue weighted by molar-refractivity contribution is 0.195. The highest BCUT2D eigenvalue weighted by molar-refractivity contribution is 8.14.